The minimum Gasteiger partial charge on any atom is -0.382 e. The molecule has 0 aromatic carbocycles. The Bertz CT molecular complexity index is 822. The predicted molar refractivity (Wildman–Crippen MR) is 94.1 cm³/mol. The molecule has 2 heterocycles. The average molecular weight is 313 g/mol. The molecule has 0 atom stereocenters. The molecule has 2 aromatic rings. The first-order chi connectivity index (χ1) is 11.1. The predicted octanol–water partition coefficient (Wildman–Crippen LogP) is 0.479. The second kappa shape index (κ2) is 7.58. The Kier molecular flexibility index (Phi) is 5.51. The number of allylic oxidation sites excluding steroid dienone is 1. The summed E-state index contributed by atoms with van der Waals surface area (Å²) in [5, 5.41) is 4.21. The van der Waals surface area contributed by atoms with Crippen molar-refractivity contribution < 1.29 is 4.79 Å². The molecule has 122 valence electrons. The van der Waals surface area contributed by atoms with Crippen molar-refractivity contribution in [2.24, 2.45) is 0 Å². The molecule has 0 radical (unpaired) electrons. The van der Waals surface area contributed by atoms with Crippen molar-refractivity contribution in [1.82, 2.24) is 19.9 Å². The van der Waals surface area contributed by atoms with E-state index in [0.717, 1.165) is 48.8 Å². The number of aromatic nitrogens is 3. The highest BCUT2D eigenvalue weighted by Crippen LogP contribution is 2.17. The number of hydrogen-bond acceptors (Lipinski definition) is 4. The maximum atomic E-state index is 10.3. The molecule has 2 aromatic heterocycles. The first kappa shape index (κ1) is 16.7. The summed E-state index contributed by atoms with van der Waals surface area (Å²) in [6.45, 7) is 11.3. The number of nitrogens with zero attached hydrogens (tertiary/aromatic N) is 3. The van der Waals surface area contributed by atoms with Crippen LogP contribution < -0.4 is 21.6 Å². The van der Waals surface area contributed by atoms with Gasteiger partial charge in [-0.25, -0.2) is 9.97 Å². The molecule has 0 unspecified atom stereocenters. The van der Waals surface area contributed by atoms with Crippen molar-refractivity contribution >= 4 is 35.9 Å². The number of aryl methyl sites for hydroxylation is 2. The number of pyridine rings is 1. The molecule has 6 nitrogen and oxygen atoms in total. The van der Waals surface area contributed by atoms with E-state index in [1.54, 1.807) is 6.08 Å². The molecule has 2 rings (SSSR count). The van der Waals surface area contributed by atoms with E-state index in [-0.39, 0.29) is 0 Å². The van der Waals surface area contributed by atoms with E-state index < -0.39 is 0 Å². The van der Waals surface area contributed by atoms with Gasteiger partial charge in [0.05, 0.1) is 10.9 Å². The fourth-order valence-corrected chi connectivity index (χ4v) is 2.71. The molecule has 0 spiro atoms. The van der Waals surface area contributed by atoms with Crippen molar-refractivity contribution in [2.45, 2.75) is 32.7 Å². The van der Waals surface area contributed by atoms with Crippen molar-refractivity contribution in [1.29, 1.82) is 0 Å². The zero-order valence-corrected chi connectivity index (χ0v) is 13.5. The van der Waals surface area contributed by atoms with E-state index in [0.29, 0.717) is 23.2 Å². The lowest BCUT2D eigenvalue weighted by atomic mass is 10.2. The largest absolute Gasteiger partial charge is 0.382 e. The molecule has 0 aliphatic heterocycles. The summed E-state index contributed by atoms with van der Waals surface area (Å²) >= 11 is 0. The van der Waals surface area contributed by atoms with Crippen LogP contribution in [0.3, 0.4) is 0 Å². The quantitative estimate of drug-likeness (QED) is 0.548. The third-order valence-electron chi connectivity index (χ3n) is 3.75. The van der Waals surface area contributed by atoms with Crippen LogP contribution in [-0.4, -0.2) is 27.5 Å². The van der Waals surface area contributed by atoms with Crippen LogP contribution >= 0.6 is 0 Å². The second-order valence-corrected chi connectivity index (χ2v) is 5.27. The number of imidazole rings is 1. The molecular formula is C17H23N5O. The van der Waals surface area contributed by atoms with E-state index in [1.807, 2.05) is 6.08 Å². The summed E-state index contributed by atoms with van der Waals surface area (Å²) < 4.78 is 2.18. The zero-order chi connectivity index (χ0) is 16.8. The third kappa shape index (κ3) is 3.41. The molecule has 0 aliphatic carbocycles. The molecule has 0 aliphatic rings. The van der Waals surface area contributed by atoms with Gasteiger partial charge in [-0.05, 0) is 12.8 Å². The highest BCUT2D eigenvalue weighted by Gasteiger charge is 2.14. The molecule has 0 saturated heterocycles. The van der Waals surface area contributed by atoms with Gasteiger partial charge in [0.25, 0.3) is 0 Å². The Hall–Kier alpha value is -2.63. The van der Waals surface area contributed by atoms with E-state index in [2.05, 4.69) is 39.9 Å². The number of unbranched alkanes of at least 4 members (excludes halogenated alkanes) is 1. The number of amides is 1. The number of nitrogens with one attached hydrogen (secondary N) is 1. The summed E-state index contributed by atoms with van der Waals surface area (Å²) in [6.07, 6.45) is 6.98. The van der Waals surface area contributed by atoms with Crippen LogP contribution in [0.2, 0.25) is 0 Å². The average Bonchev–Trinajstić information content (AvgIpc) is 2.90. The normalized spacial score (nSPS) is 11.8. The minimum absolute atomic E-state index is 0.405. The zero-order valence-electron chi connectivity index (χ0n) is 13.5. The number of hydrogen-bond donors (Lipinski definition) is 2. The number of anilines is 1. The first-order valence-electron chi connectivity index (χ1n) is 7.77. The molecule has 0 saturated carbocycles. The van der Waals surface area contributed by atoms with Crippen LogP contribution in [0.1, 0.15) is 25.6 Å². The van der Waals surface area contributed by atoms with E-state index in [9.17, 15) is 4.79 Å². The van der Waals surface area contributed by atoms with Gasteiger partial charge in [0, 0.05) is 24.7 Å². The maximum Gasteiger partial charge on any atom is 0.207 e. The van der Waals surface area contributed by atoms with Crippen molar-refractivity contribution in [2.75, 3.05) is 12.3 Å². The summed E-state index contributed by atoms with van der Waals surface area (Å²) in [6, 6.07) is 0. The molecule has 0 bridgehead atoms. The topological polar surface area (TPSA) is 85.8 Å². The smallest absolute Gasteiger partial charge is 0.207 e. The third-order valence-corrected chi connectivity index (χ3v) is 3.75. The Morgan fingerprint density at radius 1 is 1.35 bits per heavy atom. The molecule has 3 N–H and O–H groups in total. The lowest BCUT2D eigenvalue weighted by Gasteiger charge is -2.09. The van der Waals surface area contributed by atoms with Gasteiger partial charge in [0.15, 0.2) is 5.82 Å². The van der Waals surface area contributed by atoms with Gasteiger partial charge in [-0.15, -0.1) is 0 Å². The first-order valence-corrected chi connectivity index (χ1v) is 7.77. The molecule has 1 amide bonds. The Balaban J connectivity index is 2.53. The van der Waals surface area contributed by atoms with Crippen molar-refractivity contribution in [3.8, 4) is 0 Å². The summed E-state index contributed by atoms with van der Waals surface area (Å²) in [7, 11) is 0. The van der Waals surface area contributed by atoms with E-state index in [4.69, 9.17) is 5.73 Å². The van der Waals surface area contributed by atoms with Gasteiger partial charge in [0.1, 0.15) is 11.3 Å². The van der Waals surface area contributed by atoms with Crippen LogP contribution in [0.25, 0.3) is 23.7 Å². The Labute approximate surface area is 135 Å². The van der Waals surface area contributed by atoms with Gasteiger partial charge in [-0.3, -0.25) is 4.79 Å². The van der Waals surface area contributed by atoms with Crippen LogP contribution in [0, 0.1) is 0 Å². The van der Waals surface area contributed by atoms with E-state index >= 15 is 0 Å². The van der Waals surface area contributed by atoms with Gasteiger partial charge in [-0.2, -0.15) is 0 Å². The minimum atomic E-state index is 0.405. The Morgan fingerprint density at radius 2 is 2.13 bits per heavy atom. The van der Waals surface area contributed by atoms with Crippen molar-refractivity contribution in [3.63, 3.8) is 0 Å². The van der Waals surface area contributed by atoms with E-state index in [1.165, 1.54) is 0 Å². The lowest BCUT2D eigenvalue weighted by molar-refractivity contribution is -0.109. The lowest BCUT2D eigenvalue weighted by Crippen LogP contribution is -2.30. The second-order valence-electron chi connectivity index (χ2n) is 5.27. The van der Waals surface area contributed by atoms with Gasteiger partial charge >= 0.3 is 0 Å². The fraction of sp³-hybridized carbons (Fsp3) is 0.353. The number of nitrogens with two attached hydrogens (primary N) is 1. The van der Waals surface area contributed by atoms with Crippen molar-refractivity contribution in [3.05, 3.63) is 29.0 Å². The van der Waals surface area contributed by atoms with Crippen LogP contribution in [0.15, 0.2) is 12.7 Å². The number of carbonyl (C=O) groups is 1. The van der Waals surface area contributed by atoms with Gasteiger partial charge in [0.2, 0.25) is 6.41 Å². The van der Waals surface area contributed by atoms with Crippen LogP contribution in [0.4, 0.5) is 5.82 Å². The van der Waals surface area contributed by atoms with Crippen LogP contribution in [-0.2, 0) is 17.8 Å². The number of rotatable bonds is 8. The van der Waals surface area contributed by atoms with Gasteiger partial charge in [-0.1, -0.05) is 32.2 Å². The maximum absolute atomic E-state index is 10.3. The summed E-state index contributed by atoms with van der Waals surface area (Å²) in [5.41, 5.74) is 7.71. The molecule has 6 heteroatoms. The molecular weight excluding hydrogens is 290 g/mol. The standard InChI is InChI=1S/C17H23N5O/c1-4-8-13-12(3)20-17(18)15-16(13)22(14(5-2)21-15)10-7-6-9-19-11-23/h4,8,11H,1,3,5-7,9-10H2,2H3,(H2,18,20)(H,19,23)/b13-8+. The molecule has 0 fully saturated rings. The summed E-state index contributed by atoms with van der Waals surface area (Å²) in [4.78, 5) is 19.2. The SMILES string of the molecule is C=C/C=c1\c(=C)nc(N)c2nc(CC)n(CCCCNC=O)c12. The van der Waals surface area contributed by atoms with Gasteiger partial charge < -0.3 is 15.6 Å². The summed E-state index contributed by atoms with van der Waals surface area (Å²) in [5.74, 6) is 1.38. The highest BCUT2D eigenvalue weighted by atomic mass is 16.1. The monoisotopic (exact) mass is 313 g/mol. The highest BCUT2D eigenvalue weighted by molar-refractivity contribution is 5.86. The number of carbonyl (C=O) groups excluding carboxylic acids is 1. The number of fused-ring (bicyclic) bond motifs is 1. The Morgan fingerprint density at radius 3 is 2.78 bits per heavy atom. The fourth-order valence-electron chi connectivity index (χ4n) is 2.71. The van der Waals surface area contributed by atoms with Crippen LogP contribution in [0.5, 0.6) is 0 Å². The number of nitrogen functional groups attached to an aromatic ring is 1. The molecule has 23 heavy (non-hydrogen) atoms.